The van der Waals surface area contributed by atoms with Crippen molar-refractivity contribution in [2.24, 2.45) is 16.5 Å². The third-order valence-electron chi connectivity index (χ3n) is 3.26. The van der Waals surface area contributed by atoms with E-state index in [1.54, 1.807) is 0 Å². The Labute approximate surface area is 101 Å². The number of nitrogens with one attached hydrogen (secondary N) is 1. The quantitative estimate of drug-likeness (QED) is 0.386. The van der Waals surface area contributed by atoms with Crippen LogP contribution in [0.1, 0.15) is 6.42 Å². The molecule has 7 nitrogen and oxygen atoms in total. The van der Waals surface area contributed by atoms with Gasteiger partial charge in [-0.1, -0.05) is 0 Å². The van der Waals surface area contributed by atoms with E-state index in [0.717, 1.165) is 45.8 Å². The number of guanidine groups is 2. The summed E-state index contributed by atoms with van der Waals surface area (Å²) in [6.07, 6.45) is 1.06. The van der Waals surface area contributed by atoms with Crippen molar-refractivity contribution in [1.82, 2.24) is 9.80 Å². The fourth-order valence-corrected chi connectivity index (χ4v) is 2.37. The molecule has 7 heteroatoms. The van der Waals surface area contributed by atoms with Crippen LogP contribution in [0.5, 0.6) is 0 Å². The summed E-state index contributed by atoms with van der Waals surface area (Å²) in [5.74, 6) is 0.116. The lowest BCUT2D eigenvalue weighted by molar-refractivity contribution is 0.0195. The third kappa shape index (κ3) is 3.07. The number of hydrogen-bond acceptors (Lipinski definition) is 3. The molecule has 0 aromatic carbocycles. The van der Waals surface area contributed by atoms with Crippen molar-refractivity contribution < 1.29 is 4.74 Å². The van der Waals surface area contributed by atoms with Gasteiger partial charge in [-0.3, -0.25) is 10.3 Å². The highest BCUT2D eigenvalue weighted by Crippen LogP contribution is 2.17. The highest BCUT2D eigenvalue weighted by atomic mass is 16.5. The fraction of sp³-hybridized carbons (Fsp3) is 0.800. The van der Waals surface area contributed by atoms with E-state index >= 15 is 0 Å². The van der Waals surface area contributed by atoms with Gasteiger partial charge in [-0.05, 0) is 6.42 Å². The first-order valence-corrected chi connectivity index (χ1v) is 5.92. The molecule has 2 heterocycles. The Bertz CT molecular complexity index is 308. The number of hydrogen-bond donors (Lipinski definition) is 3. The van der Waals surface area contributed by atoms with Crippen LogP contribution in [0, 0.1) is 5.41 Å². The zero-order chi connectivity index (χ0) is 12.3. The van der Waals surface area contributed by atoms with Gasteiger partial charge >= 0.3 is 0 Å². The largest absolute Gasteiger partial charge is 0.379 e. The lowest BCUT2D eigenvalue weighted by Gasteiger charge is -2.32. The van der Waals surface area contributed by atoms with Crippen molar-refractivity contribution in [3.05, 3.63) is 0 Å². The number of nitrogens with zero attached hydrogens (tertiary/aromatic N) is 3. The van der Waals surface area contributed by atoms with Crippen molar-refractivity contribution in [3.63, 3.8) is 0 Å². The summed E-state index contributed by atoms with van der Waals surface area (Å²) in [4.78, 5) is 8.12. The molecule has 2 saturated heterocycles. The minimum absolute atomic E-state index is 0.0511. The Morgan fingerprint density at radius 3 is 2.59 bits per heavy atom. The average Bonchev–Trinajstić information content (AvgIpc) is 2.78. The van der Waals surface area contributed by atoms with Gasteiger partial charge in [0.05, 0.1) is 13.2 Å². The maximum absolute atomic E-state index is 7.76. The Morgan fingerprint density at radius 2 is 1.94 bits per heavy atom. The first kappa shape index (κ1) is 12.1. The predicted molar refractivity (Wildman–Crippen MR) is 65.9 cm³/mol. The Kier molecular flexibility index (Phi) is 3.80. The van der Waals surface area contributed by atoms with Gasteiger partial charge in [0.15, 0.2) is 5.96 Å². The summed E-state index contributed by atoms with van der Waals surface area (Å²) in [6.45, 7) is 5.25. The van der Waals surface area contributed by atoms with E-state index in [-0.39, 0.29) is 11.9 Å². The van der Waals surface area contributed by atoms with E-state index in [9.17, 15) is 0 Å². The molecule has 0 aromatic heterocycles. The maximum Gasteiger partial charge on any atom is 0.221 e. The highest BCUT2D eigenvalue weighted by molar-refractivity contribution is 5.91. The second-order valence-corrected chi connectivity index (χ2v) is 4.40. The van der Waals surface area contributed by atoms with Gasteiger partial charge in [0.25, 0.3) is 0 Å². The average molecular weight is 240 g/mol. The molecule has 2 aliphatic heterocycles. The van der Waals surface area contributed by atoms with Crippen molar-refractivity contribution in [1.29, 1.82) is 5.41 Å². The van der Waals surface area contributed by atoms with Crippen molar-refractivity contribution in [2.45, 2.75) is 12.5 Å². The summed E-state index contributed by atoms with van der Waals surface area (Å²) in [5, 5.41) is 7.76. The van der Waals surface area contributed by atoms with E-state index in [0.29, 0.717) is 6.04 Å². The first-order chi connectivity index (χ1) is 8.16. The summed E-state index contributed by atoms with van der Waals surface area (Å²) in [6, 6.07) is 0.494. The first-order valence-electron chi connectivity index (χ1n) is 5.92. The van der Waals surface area contributed by atoms with Crippen LogP contribution in [-0.4, -0.2) is 67.2 Å². The molecular weight excluding hydrogens is 220 g/mol. The topological polar surface area (TPSA) is 104 Å². The molecule has 0 radical (unpaired) electrons. The highest BCUT2D eigenvalue weighted by Gasteiger charge is 2.29. The smallest absolute Gasteiger partial charge is 0.221 e. The Hall–Kier alpha value is -1.34. The van der Waals surface area contributed by atoms with Crippen LogP contribution in [0.4, 0.5) is 0 Å². The summed E-state index contributed by atoms with van der Waals surface area (Å²) in [7, 11) is 0. The van der Waals surface area contributed by atoms with E-state index in [4.69, 9.17) is 21.6 Å². The van der Waals surface area contributed by atoms with Gasteiger partial charge in [-0.25, -0.2) is 0 Å². The molecule has 5 N–H and O–H groups in total. The van der Waals surface area contributed by atoms with Crippen LogP contribution >= 0.6 is 0 Å². The molecular formula is C10H20N6O. The number of aliphatic imine (C=N–C) groups is 1. The molecule has 1 unspecified atom stereocenters. The molecule has 0 aliphatic carbocycles. The van der Waals surface area contributed by atoms with E-state index in [1.807, 2.05) is 4.90 Å². The van der Waals surface area contributed by atoms with Crippen molar-refractivity contribution >= 4 is 11.9 Å². The zero-order valence-electron chi connectivity index (χ0n) is 9.93. The molecule has 0 aromatic rings. The Morgan fingerprint density at radius 1 is 1.24 bits per heavy atom. The summed E-state index contributed by atoms with van der Waals surface area (Å²) < 4.78 is 5.33. The molecule has 2 fully saturated rings. The van der Waals surface area contributed by atoms with Crippen molar-refractivity contribution in [3.8, 4) is 0 Å². The van der Waals surface area contributed by atoms with E-state index in [2.05, 4.69) is 9.89 Å². The monoisotopic (exact) mass is 240 g/mol. The number of nitrogens with two attached hydrogens (primary N) is 2. The standard InChI is InChI=1S/C10H20N6O/c11-9(12)14-10(13)16-2-1-8(7-16)15-3-5-17-6-4-15/h8H,1-7H2,(H5,11,12,13,14). The predicted octanol–water partition coefficient (Wildman–Crippen LogP) is -1.40. The molecule has 2 rings (SSSR count). The van der Waals surface area contributed by atoms with Gasteiger partial charge < -0.3 is 21.1 Å². The molecule has 17 heavy (non-hydrogen) atoms. The minimum atomic E-state index is -0.0511. The zero-order valence-corrected chi connectivity index (χ0v) is 9.93. The van der Waals surface area contributed by atoms with E-state index < -0.39 is 0 Å². The van der Waals surface area contributed by atoms with E-state index in [1.165, 1.54) is 0 Å². The minimum Gasteiger partial charge on any atom is -0.379 e. The van der Waals surface area contributed by atoms with Crippen LogP contribution in [-0.2, 0) is 4.74 Å². The summed E-state index contributed by atoms with van der Waals surface area (Å²) in [5.41, 5.74) is 10.5. The van der Waals surface area contributed by atoms with Crippen LogP contribution in [0.2, 0.25) is 0 Å². The van der Waals surface area contributed by atoms with Gasteiger partial charge in [0.2, 0.25) is 5.96 Å². The molecule has 96 valence electrons. The molecule has 0 bridgehead atoms. The van der Waals surface area contributed by atoms with Crippen LogP contribution in [0.25, 0.3) is 0 Å². The molecule has 1 atom stereocenters. The normalized spacial score (nSPS) is 25.9. The molecule has 2 aliphatic rings. The van der Waals surface area contributed by atoms with Gasteiger partial charge in [-0.15, -0.1) is 0 Å². The SMILES string of the molecule is N=C(N=C(N)N)N1CCC(N2CCOCC2)C1. The van der Waals surface area contributed by atoms with Crippen LogP contribution in [0.3, 0.4) is 0 Å². The number of ether oxygens (including phenoxy) is 1. The van der Waals surface area contributed by atoms with Crippen LogP contribution in [0.15, 0.2) is 4.99 Å². The number of likely N-dealkylation sites (tertiary alicyclic amines) is 1. The lowest BCUT2D eigenvalue weighted by atomic mass is 10.2. The number of morpholine rings is 1. The Balaban J connectivity index is 1.86. The number of rotatable bonds is 1. The fourth-order valence-electron chi connectivity index (χ4n) is 2.37. The van der Waals surface area contributed by atoms with Crippen LogP contribution < -0.4 is 11.5 Å². The van der Waals surface area contributed by atoms with Gasteiger partial charge in [0.1, 0.15) is 0 Å². The lowest BCUT2D eigenvalue weighted by Crippen LogP contribution is -2.45. The maximum atomic E-state index is 7.76. The molecule has 0 spiro atoms. The van der Waals surface area contributed by atoms with Gasteiger partial charge in [-0.2, -0.15) is 4.99 Å². The molecule has 0 amide bonds. The third-order valence-corrected chi connectivity index (χ3v) is 3.26. The molecule has 0 saturated carbocycles. The summed E-state index contributed by atoms with van der Waals surface area (Å²) >= 11 is 0. The van der Waals surface area contributed by atoms with Gasteiger partial charge in [0, 0.05) is 32.2 Å². The van der Waals surface area contributed by atoms with Crippen molar-refractivity contribution in [2.75, 3.05) is 39.4 Å². The second kappa shape index (κ2) is 5.33. The second-order valence-electron chi connectivity index (χ2n) is 4.40.